The average Bonchev–Trinajstić information content (AvgIpc) is 3.23. The molecule has 4 rings (SSSR count). The number of aromatic nitrogens is 3. The van der Waals surface area contributed by atoms with Gasteiger partial charge in [0.1, 0.15) is 17.2 Å². The van der Waals surface area contributed by atoms with Crippen LogP contribution in [0.2, 0.25) is 0 Å². The van der Waals surface area contributed by atoms with Crippen molar-refractivity contribution in [1.29, 1.82) is 0 Å². The number of pyridine rings is 1. The van der Waals surface area contributed by atoms with Gasteiger partial charge in [0, 0.05) is 12.1 Å². The number of carbonyl (C=O) groups is 1. The normalized spacial score (nSPS) is 11.0. The van der Waals surface area contributed by atoms with E-state index in [1.807, 2.05) is 29.5 Å². The first kappa shape index (κ1) is 20.8. The lowest BCUT2D eigenvalue weighted by Gasteiger charge is -2.11. The van der Waals surface area contributed by atoms with Crippen molar-refractivity contribution < 1.29 is 19.0 Å². The first-order valence-electron chi connectivity index (χ1n) is 9.51. The van der Waals surface area contributed by atoms with Gasteiger partial charge in [-0.3, -0.25) is 9.20 Å². The third-order valence-corrected chi connectivity index (χ3v) is 5.78. The van der Waals surface area contributed by atoms with Gasteiger partial charge in [-0.1, -0.05) is 11.8 Å². The van der Waals surface area contributed by atoms with Gasteiger partial charge in [-0.15, -0.1) is 10.2 Å². The van der Waals surface area contributed by atoms with Crippen LogP contribution < -0.4 is 19.5 Å². The van der Waals surface area contributed by atoms with Crippen molar-refractivity contribution in [1.82, 2.24) is 14.6 Å². The summed E-state index contributed by atoms with van der Waals surface area (Å²) in [7, 11) is 4.75. The number of methoxy groups -OCH3 is 3. The molecule has 0 saturated heterocycles. The number of anilines is 1. The van der Waals surface area contributed by atoms with E-state index in [-0.39, 0.29) is 11.7 Å². The summed E-state index contributed by atoms with van der Waals surface area (Å²) in [6.45, 7) is 1.99. The summed E-state index contributed by atoms with van der Waals surface area (Å²) >= 11 is 1.31. The van der Waals surface area contributed by atoms with Crippen molar-refractivity contribution in [3.05, 3.63) is 48.0 Å². The number of hydrogen-bond acceptors (Lipinski definition) is 7. The number of amides is 1. The molecule has 0 saturated carbocycles. The molecule has 0 aliphatic rings. The SMILES string of the molecule is COc1ccc(NC(=O)CSc2nnc3c(C)cc4ccc(OC)cc4n23)c(OC)c1. The molecule has 0 atom stereocenters. The maximum absolute atomic E-state index is 12.6. The number of ether oxygens (including phenoxy) is 3. The monoisotopic (exact) mass is 438 g/mol. The van der Waals surface area contributed by atoms with Crippen molar-refractivity contribution in [3.8, 4) is 17.2 Å². The second-order valence-electron chi connectivity index (χ2n) is 6.80. The fourth-order valence-electron chi connectivity index (χ4n) is 3.32. The van der Waals surface area contributed by atoms with Crippen LogP contribution in [-0.2, 0) is 4.79 Å². The molecular weight excluding hydrogens is 416 g/mol. The summed E-state index contributed by atoms with van der Waals surface area (Å²) < 4.78 is 17.9. The van der Waals surface area contributed by atoms with Gasteiger partial charge in [0.15, 0.2) is 10.8 Å². The van der Waals surface area contributed by atoms with Crippen LogP contribution in [-0.4, -0.2) is 47.6 Å². The van der Waals surface area contributed by atoms with Crippen LogP contribution in [0.3, 0.4) is 0 Å². The number of carbonyl (C=O) groups excluding carboxylic acids is 1. The molecule has 0 aliphatic carbocycles. The first-order chi connectivity index (χ1) is 15.0. The zero-order chi connectivity index (χ0) is 22.0. The standard InChI is InChI=1S/C22H22N4O4S/c1-13-9-14-5-6-15(28-2)10-18(14)26-21(13)24-25-22(26)31-12-20(27)23-17-8-7-16(29-3)11-19(17)30-4/h5-11H,12H2,1-4H3,(H,23,27). The highest BCUT2D eigenvalue weighted by Crippen LogP contribution is 2.30. The topological polar surface area (TPSA) is 87.0 Å². The minimum Gasteiger partial charge on any atom is -0.497 e. The largest absolute Gasteiger partial charge is 0.497 e. The van der Waals surface area contributed by atoms with Crippen LogP contribution in [0.25, 0.3) is 16.6 Å². The Morgan fingerprint density at radius 2 is 1.74 bits per heavy atom. The number of nitrogens with one attached hydrogen (secondary N) is 1. The van der Waals surface area contributed by atoms with E-state index in [2.05, 4.69) is 21.6 Å². The van der Waals surface area contributed by atoms with Crippen molar-refractivity contribution in [2.45, 2.75) is 12.1 Å². The Balaban J connectivity index is 1.59. The molecule has 0 bridgehead atoms. The van der Waals surface area contributed by atoms with Crippen molar-refractivity contribution in [2.75, 3.05) is 32.4 Å². The molecule has 1 amide bonds. The second kappa shape index (κ2) is 8.73. The molecule has 160 valence electrons. The Morgan fingerprint density at radius 1 is 1.00 bits per heavy atom. The van der Waals surface area contributed by atoms with Crippen molar-refractivity contribution in [3.63, 3.8) is 0 Å². The molecule has 4 aromatic rings. The van der Waals surface area contributed by atoms with Gasteiger partial charge in [0.2, 0.25) is 5.91 Å². The fraction of sp³-hybridized carbons (Fsp3) is 0.227. The number of aryl methyl sites for hydroxylation is 1. The molecule has 0 fully saturated rings. The van der Waals surface area contributed by atoms with Crippen LogP contribution in [0.5, 0.6) is 17.2 Å². The Hall–Kier alpha value is -3.46. The molecule has 8 nitrogen and oxygen atoms in total. The highest BCUT2D eigenvalue weighted by Gasteiger charge is 2.15. The van der Waals surface area contributed by atoms with Crippen LogP contribution in [0.15, 0.2) is 47.6 Å². The van der Waals surface area contributed by atoms with Crippen molar-refractivity contribution in [2.24, 2.45) is 0 Å². The first-order valence-corrected chi connectivity index (χ1v) is 10.5. The molecule has 9 heteroatoms. The Bertz CT molecular complexity index is 1270. The minimum absolute atomic E-state index is 0.162. The van der Waals surface area contributed by atoms with Gasteiger partial charge in [-0.25, -0.2) is 0 Å². The zero-order valence-electron chi connectivity index (χ0n) is 17.6. The Labute approximate surface area is 183 Å². The highest BCUT2D eigenvalue weighted by atomic mass is 32.2. The lowest BCUT2D eigenvalue weighted by atomic mass is 10.1. The van der Waals surface area contributed by atoms with E-state index < -0.39 is 0 Å². The molecule has 31 heavy (non-hydrogen) atoms. The molecule has 2 heterocycles. The molecule has 1 N–H and O–H groups in total. The van der Waals surface area contributed by atoms with Crippen LogP contribution in [0.1, 0.15) is 5.56 Å². The van der Waals surface area contributed by atoms with E-state index >= 15 is 0 Å². The predicted molar refractivity (Wildman–Crippen MR) is 121 cm³/mol. The lowest BCUT2D eigenvalue weighted by Crippen LogP contribution is -2.15. The highest BCUT2D eigenvalue weighted by molar-refractivity contribution is 7.99. The Kier molecular flexibility index (Phi) is 5.85. The van der Waals surface area contributed by atoms with E-state index in [1.165, 1.54) is 11.8 Å². The van der Waals surface area contributed by atoms with Gasteiger partial charge in [0.25, 0.3) is 0 Å². The summed E-state index contributed by atoms with van der Waals surface area (Å²) in [5.74, 6) is 1.90. The minimum atomic E-state index is -0.181. The predicted octanol–water partition coefficient (Wildman–Crippen LogP) is 3.95. The third-order valence-electron chi connectivity index (χ3n) is 4.85. The van der Waals surface area contributed by atoms with Crippen LogP contribution in [0.4, 0.5) is 5.69 Å². The van der Waals surface area contributed by atoms with Gasteiger partial charge >= 0.3 is 0 Å². The van der Waals surface area contributed by atoms with E-state index in [1.54, 1.807) is 39.5 Å². The third kappa shape index (κ3) is 4.09. The molecule has 2 aromatic carbocycles. The maximum Gasteiger partial charge on any atom is 0.234 e. The summed E-state index contributed by atoms with van der Waals surface area (Å²) in [5.41, 5.74) is 3.25. The van der Waals surface area contributed by atoms with Gasteiger partial charge in [-0.05, 0) is 48.2 Å². The molecular formula is C22H22N4O4S. The van der Waals surface area contributed by atoms with Crippen molar-refractivity contribution >= 4 is 39.9 Å². The molecule has 0 spiro atoms. The number of benzene rings is 2. The maximum atomic E-state index is 12.6. The Morgan fingerprint density at radius 3 is 2.48 bits per heavy atom. The molecule has 0 aliphatic heterocycles. The quantitative estimate of drug-likeness (QED) is 0.437. The summed E-state index contributed by atoms with van der Waals surface area (Å²) in [6.07, 6.45) is 0. The summed E-state index contributed by atoms with van der Waals surface area (Å²) in [6, 6.07) is 13.2. The summed E-state index contributed by atoms with van der Waals surface area (Å²) in [4.78, 5) is 12.6. The zero-order valence-corrected chi connectivity index (χ0v) is 18.4. The van der Waals surface area contributed by atoms with Gasteiger partial charge < -0.3 is 19.5 Å². The summed E-state index contributed by atoms with van der Waals surface area (Å²) in [5, 5.41) is 13.2. The number of hydrogen-bond donors (Lipinski definition) is 1. The second-order valence-corrected chi connectivity index (χ2v) is 7.74. The van der Waals surface area contributed by atoms with Crippen LogP contribution in [0, 0.1) is 6.92 Å². The van der Waals surface area contributed by atoms with E-state index in [9.17, 15) is 4.79 Å². The van der Waals surface area contributed by atoms with E-state index in [0.29, 0.717) is 22.3 Å². The number of thioether (sulfide) groups is 1. The smallest absolute Gasteiger partial charge is 0.234 e. The van der Waals surface area contributed by atoms with Gasteiger partial charge in [0.05, 0.1) is 38.3 Å². The lowest BCUT2D eigenvalue weighted by molar-refractivity contribution is -0.113. The number of nitrogens with zero attached hydrogens (tertiary/aromatic N) is 3. The van der Waals surface area contributed by atoms with E-state index in [0.717, 1.165) is 27.9 Å². The number of rotatable bonds is 7. The molecule has 2 aromatic heterocycles. The average molecular weight is 439 g/mol. The van der Waals surface area contributed by atoms with Gasteiger partial charge in [-0.2, -0.15) is 0 Å². The number of fused-ring (bicyclic) bond motifs is 3. The molecule has 0 unspecified atom stereocenters. The molecule has 0 radical (unpaired) electrons. The van der Waals surface area contributed by atoms with E-state index in [4.69, 9.17) is 14.2 Å². The fourth-order valence-corrected chi connectivity index (χ4v) is 4.06. The van der Waals surface area contributed by atoms with Crippen LogP contribution >= 0.6 is 11.8 Å².